The number of nitrogens with zero attached hydrogens (tertiary/aromatic N) is 1. The van der Waals surface area contributed by atoms with E-state index in [0.29, 0.717) is 6.04 Å². The molecule has 2 saturated carbocycles. The van der Waals surface area contributed by atoms with E-state index in [1.807, 2.05) is 0 Å². The lowest BCUT2D eigenvalue weighted by molar-refractivity contribution is 0.105. The molecule has 2 nitrogen and oxygen atoms in total. The fraction of sp³-hybridized carbons (Fsp3) is 1.00. The number of rotatable bonds is 4. The van der Waals surface area contributed by atoms with E-state index in [1.165, 1.54) is 51.5 Å². The van der Waals surface area contributed by atoms with E-state index in [0.717, 1.165) is 17.9 Å². The van der Waals surface area contributed by atoms with Gasteiger partial charge in [0.1, 0.15) is 0 Å². The summed E-state index contributed by atoms with van der Waals surface area (Å²) < 4.78 is 0. The lowest BCUT2D eigenvalue weighted by atomic mass is 9.76. The van der Waals surface area contributed by atoms with E-state index in [-0.39, 0.29) is 0 Å². The van der Waals surface area contributed by atoms with Crippen molar-refractivity contribution >= 4 is 0 Å². The van der Waals surface area contributed by atoms with Gasteiger partial charge in [-0.15, -0.1) is 0 Å². The molecule has 0 amide bonds. The molecule has 0 aromatic rings. The number of hydrogen-bond donors (Lipinski definition) is 1. The van der Waals surface area contributed by atoms with E-state index < -0.39 is 0 Å². The van der Waals surface area contributed by atoms with Crippen LogP contribution in [-0.2, 0) is 0 Å². The molecule has 0 saturated heterocycles. The van der Waals surface area contributed by atoms with Crippen LogP contribution in [0.5, 0.6) is 0 Å². The molecule has 2 aliphatic carbocycles. The first-order valence-electron chi connectivity index (χ1n) is 7.16. The van der Waals surface area contributed by atoms with Crippen LogP contribution in [0.3, 0.4) is 0 Å². The summed E-state index contributed by atoms with van der Waals surface area (Å²) in [5.74, 6) is 1.70. The second-order valence-electron chi connectivity index (χ2n) is 6.04. The van der Waals surface area contributed by atoms with E-state index in [2.05, 4.69) is 18.9 Å². The van der Waals surface area contributed by atoms with Crippen molar-refractivity contribution in [2.45, 2.75) is 64.0 Å². The van der Waals surface area contributed by atoms with Crippen molar-refractivity contribution in [2.24, 2.45) is 17.6 Å². The Bertz CT molecular complexity index is 213. The van der Waals surface area contributed by atoms with Gasteiger partial charge in [-0.3, -0.25) is 0 Å². The fourth-order valence-corrected chi connectivity index (χ4v) is 3.31. The summed E-state index contributed by atoms with van der Waals surface area (Å²) >= 11 is 0. The SMILES string of the molecule is CCC1CCC(N)C(CN(C)C2CCC2)C1. The van der Waals surface area contributed by atoms with Crippen LogP contribution in [0.1, 0.15) is 51.9 Å². The predicted octanol–water partition coefficient (Wildman–Crippen LogP) is 2.62. The van der Waals surface area contributed by atoms with Gasteiger partial charge in [0.05, 0.1) is 0 Å². The smallest absolute Gasteiger partial charge is 0.00923 e. The first-order valence-corrected chi connectivity index (χ1v) is 7.16. The first kappa shape index (κ1) is 12.4. The summed E-state index contributed by atoms with van der Waals surface area (Å²) in [4.78, 5) is 2.58. The maximum absolute atomic E-state index is 6.28. The lowest BCUT2D eigenvalue weighted by Gasteiger charge is -2.41. The van der Waals surface area contributed by atoms with Gasteiger partial charge in [0.2, 0.25) is 0 Å². The number of nitrogens with two attached hydrogens (primary N) is 1. The van der Waals surface area contributed by atoms with Crippen molar-refractivity contribution < 1.29 is 0 Å². The standard InChI is InChI=1S/C14H28N2/c1-3-11-7-8-14(15)12(9-11)10-16(2)13-5-4-6-13/h11-14H,3-10,15H2,1-2H3. The summed E-state index contributed by atoms with van der Waals surface area (Å²) in [6.07, 6.45) is 9.59. The minimum atomic E-state index is 0.463. The van der Waals surface area contributed by atoms with E-state index in [4.69, 9.17) is 5.73 Å². The summed E-state index contributed by atoms with van der Waals surface area (Å²) in [5.41, 5.74) is 6.28. The molecular weight excluding hydrogens is 196 g/mol. The fourth-order valence-electron chi connectivity index (χ4n) is 3.31. The van der Waals surface area contributed by atoms with Gasteiger partial charge in [-0.05, 0) is 51.0 Å². The highest BCUT2D eigenvalue weighted by Gasteiger charge is 2.30. The lowest BCUT2D eigenvalue weighted by Crippen LogP contribution is -2.46. The van der Waals surface area contributed by atoms with Crippen molar-refractivity contribution in [3.8, 4) is 0 Å². The summed E-state index contributed by atoms with van der Waals surface area (Å²) in [6, 6.07) is 1.33. The molecule has 2 N–H and O–H groups in total. The van der Waals surface area contributed by atoms with Crippen molar-refractivity contribution in [3.05, 3.63) is 0 Å². The predicted molar refractivity (Wildman–Crippen MR) is 69.4 cm³/mol. The van der Waals surface area contributed by atoms with Crippen molar-refractivity contribution in [3.63, 3.8) is 0 Å². The molecule has 3 atom stereocenters. The average Bonchev–Trinajstić information content (AvgIpc) is 2.18. The third-order valence-corrected chi connectivity index (χ3v) is 4.95. The first-order chi connectivity index (χ1) is 7.70. The van der Waals surface area contributed by atoms with Gasteiger partial charge in [-0.25, -0.2) is 0 Å². The van der Waals surface area contributed by atoms with Crippen LogP contribution >= 0.6 is 0 Å². The van der Waals surface area contributed by atoms with Gasteiger partial charge in [0, 0.05) is 18.6 Å². The molecule has 16 heavy (non-hydrogen) atoms. The quantitative estimate of drug-likeness (QED) is 0.795. The maximum atomic E-state index is 6.28. The molecule has 0 spiro atoms. The topological polar surface area (TPSA) is 29.3 Å². The van der Waals surface area contributed by atoms with Gasteiger partial charge in [-0.2, -0.15) is 0 Å². The number of hydrogen-bond acceptors (Lipinski definition) is 2. The highest BCUT2D eigenvalue weighted by atomic mass is 15.1. The van der Waals surface area contributed by atoms with Crippen molar-refractivity contribution in [1.82, 2.24) is 4.90 Å². The Balaban J connectivity index is 1.81. The van der Waals surface area contributed by atoms with Gasteiger partial charge in [0.15, 0.2) is 0 Å². The van der Waals surface area contributed by atoms with Crippen LogP contribution in [0.15, 0.2) is 0 Å². The largest absolute Gasteiger partial charge is 0.327 e. The van der Waals surface area contributed by atoms with Crippen LogP contribution in [0.25, 0.3) is 0 Å². The Hall–Kier alpha value is -0.0800. The molecule has 3 unspecified atom stereocenters. The molecule has 2 heteroatoms. The van der Waals surface area contributed by atoms with Gasteiger partial charge < -0.3 is 10.6 Å². The van der Waals surface area contributed by atoms with E-state index >= 15 is 0 Å². The Kier molecular flexibility index (Phi) is 4.26. The molecule has 2 rings (SSSR count). The van der Waals surface area contributed by atoms with E-state index in [1.54, 1.807) is 0 Å². The van der Waals surface area contributed by atoms with Crippen LogP contribution in [0.4, 0.5) is 0 Å². The van der Waals surface area contributed by atoms with Crippen molar-refractivity contribution in [2.75, 3.05) is 13.6 Å². The zero-order chi connectivity index (χ0) is 11.5. The molecule has 0 bridgehead atoms. The zero-order valence-electron chi connectivity index (χ0n) is 11.0. The van der Waals surface area contributed by atoms with Gasteiger partial charge in [-0.1, -0.05) is 19.8 Å². The Morgan fingerprint density at radius 1 is 1.19 bits per heavy atom. The molecule has 0 heterocycles. The molecule has 2 fully saturated rings. The molecule has 2 aliphatic rings. The second-order valence-corrected chi connectivity index (χ2v) is 6.04. The highest BCUT2D eigenvalue weighted by Crippen LogP contribution is 2.32. The summed E-state index contributed by atoms with van der Waals surface area (Å²) in [7, 11) is 2.30. The highest BCUT2D eigenvalue weighted by molar-refractivity contribution is 4.86. The minimum absolute atomic E-state index is 0.463. The maximum Gasteiger partial charge on any atom is 0.00923 e. The van der Waals surface area contributed by atoms with Crippen LogP contribution in [0.2, 0.25) is 0 Å². The Morgan fingerprint density at radius 2 is 1.94 bits per heavy atom. The molecule has 0 aromatic carbocycles. The van der Waals surface area contributed by atoms with Gasteiger partial charge >= 0.3 is 0 Å². The second kappa shape index (κ2) is 5.50. The summed E-state index contributed by atoms with van der Waals surface area (Å²) in [6.45, 7) is 3.57. The Morgan fingerprint density at radius 3 is 2.50 bits per heavy atom. The monoisotopic (exact) mass is 224 g/mol. The van der Waals surface area contributed by atoms with Crippen LogP contribution in [-0.4, -0.2) is 30.6 Å². The van der Waals surface area contributed by atoms with E-state index in [9.17, 15) is 0 Å². The molecule has 0 radical (unpaired) electrons. The third-order valence-electron chi connectivity index (χ3n) is 4.95. The molecule has 94 valence electrons. The minimum Gasteiger partial charge on any atom is -0.327 e. The van der Waals surface area contributed by atoms with Gasteiger partial charge in [0.25, 0.3) is 0 Å². The third kappa shape index (κ3) is 2.78. The average molecular weight is 224 g/mol. The molecule has 0 aliphatic heterocycles. The van der Waals surface area contributed by atoms with Crippen LogP contribution in [0, 0.1) is 11.8 Å². The summed E-state index contributed by atoms with van der Waals surface area (Å²) in [5, 5.41) is 0. The zero-order valence-corrected chi connectivity index (χ0v) is 11.0. The van der Waals surface area contributed by atoms with Crippen molar-refractivity contribution in [1.29, 1.82) is 0 Å². The van der Waals surface area contributed by atoms with Crippen LogP contribution < -0.4 is 5.73 Å². The molecular formula is C14H28N2. The Labute approximate surface area is 101 Å². The normalized spacial score (nSPS) is 36.4. The molecule has 0 aromatic heterocycles.